The van der Waals surface area contributed by atoms with Gasteiger partial charge in [0.2, 0.25) is 5.91 Å². The summed E-state index contributed by atoms with van der Waals surface area (Å²) in [5.41, 5.74) is 9.70. The van der Waals surface area contributed by atoms with Crippen LogP contribution in [0.2, 0.25) is 5.02 Å². The van der Waals surface area contributed by atoms with Crippen molar-refractivity contribution in [3.8, 4) is 0 Å². The minimum atomic E-state index is -1.22. The van der Waals surface area contributed by atoms with E-state index in [0.717, 1.165) is 35.1 Å². The lowest BCUT2D eigenvalue weighted by molar-refractivity contribution is -0.121. The van der Waals surface area contributed by atoms with Gasteiger partial charge in [0, 0.05) is 6.39 Å². The molecule has 3 heteroatoms. The molecule has 0 saturated carbocycles. The Hall–Kier alpha value is -1.28. The van der Waals surface area contributed by atoms with Gasteiger partial charge in [-0.25, -0.2) is 0 Å². The zero-order valence-corrected chi connectivity index (χ0v) is 10.2. The fourth-order valence-corrected chi connectivity index (χ4v) is 3.05. The molecule has 0 aliphatic heterocycles. The van der Waals surface area contributed by atoms with E-state index in [1.165, 1.54) is 0 Å². The summed E-state index contributed by atoms with van der Waals surface area (Å²) in [6.45, 7) is 0. The molecule has 2 aliphatic rings. The molecule has 0 unspecified atom stereocenters. The Morgan fingerprint density at radius 2 is 2.35 bits per heavy atom. The maximum absolute atomic E-state index is 11.6. The first-order valence-corrected chi connectivity index (χ1v) is 6.21. The van der Waals surface area contributed by atoms with Crippen molar-refractivity contribution in [2.75, 3.05) is 0 Å². The van der Waals surface area contributed by atoms with Gasteiger partial charge in [-0.05, 0) is 60.1 Å². The van der Waals surface area contributed by atoms with E-state index in [1.807, 2.05) is 18.2 Å². The van der Waals surface area contributed by atoms with Crippen LogP contribution in [0, 0.1) is 5.89 Å². The largest absolute Gasteiger partial charge is 0.369 e. The number of amides is 1. The van der Waals surface area contributed by atoms with E-state index in [2.05, 4.69) is 0 Å². The summed E-state index contributed by atoms with van der Waals surface area (Å²) in [4.78, 5) is 11.6. The number of fused-ring (bicyclic) bond motifs is 2. The van der Waals surface area contributed by atoms with E-state index in [1.54, 1.807) is 0 Å². The third-order valence-electron chi connectivity index (χ3n) is 3.64. The van der Waals surface area contributed by atoms with Crippen LogP contribution in [0.15, 0.2) is 23.8 Å². The number of carbonyl (C=O) groups excluding carboxylic acids is 1. The number of hydrogen-bond donors (Lipinski definition) is 1. The molecule has 0 bridgehead atoms. The summed E-state index contributed by atoms with van der Waals surface area (Å²) in [5, 5.41) is 0.697. The molecule has 1 atom stereocenters. The second-order valence-electron chi connectivity index (χ2n) is 4.63. The first-order chi connectivity index (χ1) is 8.52. The lowest BCUT2D eigenvalue weighted by atomic mass is 9.82. The zero-order valence-electron chi connectivity index (χ0n) is 10.4. The highest BCUT2D eigenvalue weighted by atomic mass is 35.5. The molecule has 88 valence electrons. The van der Waals surface area contributed by atoms with Crippen molar-refractivity contribution >= 4 is 23.1 Å². The molecule has 2 N–H and O–H groups in total. The van der Waals surface area contributed by atoms with Gasteiger partial charge in [-0.15, -0.1) is 0 Å². The van der Waals surface area contributed by atoms with Crippen molar-refractivity contribution < 1.29 is 6.17 Å². The maximum Gasteiger partial charge on any atom is 0.224 e. The number of halogens is 1. The molecular formula is C14H14ClNO. The van der Waals surface area contributed by atoms with Gasteiger partial charge in [-0.3, -0.25) is 4.79 Å². The summed E-state index contributed by atoms with van der Waals surface area (Å²) in [6, 6.07) is 5.78. The summed E-state index contributed by atoms with van der Waals surface area (Å²) < 4.78 is 8.37. The number of carbonyl (C=O) groups is 1. The first kappa shape index (κ1) is 9.72. The predicted molar refractivity (Wildman–Crippen MR) is 68.6 cm³/mol. The van der Waals surface area contributed by atoms with Crippen LogP contribution < -0.4 is 5.73 Å². The number of allylic oxidation sites excluding steroid dienone is 1. The molecule has 1 aromatic carbocycles. The molecule has 0 aromatic heterocycles. The number of primary amides is 1. The highest BCUT2D eigenvalue weighted by Gasteiger charge is 2.32. The summed E-state index contributed by atoms with van der Waals surface area (Å²) >= 11 is 6.03. The summed E-state index contributed by atoms with van der Waals surface area (Å²) in [5.74, 6) is -1.76. The molecule has 0 heterocycles. The van der Waals surface area contributed by atoms with Crippen molar-refractivity contribution in [2.45, 2.75) is 25.7 Å². The van der Waals surface area contributed by atoms with Crippen molar-refractivity contribution in [1.82, 2.24) is 0 Å². The van der Waals surface area contributed by atoms with Gasteiger partial charge >= 0.3 is 0 Å². The summed E-state index contributed by atoms with van der Waals surface area (Å²) in [6.07, 6.45) is 2.94. The minimum Gasteiger partial charge on any atom is -0.369 e. The maximum atomic E-state index is 11.6. The van der Waals surface area contributed by atoms with Crippen molar-refractivity contribution in [2.24, 2.45) is 11.6 Å². The van der Waals surface area contributed by atoms with Gasteiger partial charge in [0.15, 0.2) is 0 Å². The van der Waals surface area contributed by atoms with Crippen LogP contribution in [0.1, 0.15) is 31.8 Å². The second-order valence-corrected chi connectivity index (χ2v) is 5.07. The van der Waals surface area contributed by atoms with Gasteiger partial charge in [-0.2, -0.15) is 0 Å². The number of hydrogen-bond acceptors (Lipinski definition) is 1. The van der Waals surface area contributed by atoms with E-state index in [9.17, 15) is 4.79 Å². The number of rotatable bonds is 1. The Morgan fingerprint density at radius 1 is 1.53 bits per heavy atom. The molecule has 2 nitrogen and oxygen atoms in total. The Morgan fingerprint density at radius 3 is 3.12 bits per heavy atom. The Labute approximate surface area is 107 Å². The Bertz CT molecular complexity index is 581. The molecule has 0 spiro atoms. The minimum absolute atomic E-state index is 0.531. The van der Waals surface area contributed by atoms with E-state index in [0.29, 0.717) is 17.9 Å². The number of benzene rings is 1. The monoisotopic (exact) mass is 248 g/mol. The average molecular weight is 249 g/mol. The van der Waals surface area contributed by atoms with Crippen molar-refractivity contribution in [3.63, 3.8) is 0 Å². The average Bonchev–Trinajstić information content (AvgIpc) is 2.69. The van der Waals surface area contributed by atoms with Crippen molar-refractivity contribution in [1.29, 1.82) is 0 Å². The van der Waals surface area contributed by atoms with Gasteiger partial charge in [0.1, 0.15) is 0 Å². The van der Waals surface area contributed by atoms with Crippen LogP contribution in [0.5, 0.6) is 0 Å². The molecule has 2 aliphatic carbocycles. The fourth-order valence-electron chi connectivity index (χ4n) is 2.88. The molecule has 17 heavy (non-hydrogen) atoms. The smallest absolute Gasteiger partial charge is 0.224 e. The Kier molecular flexibility index (Phi) is 2.22. The molecule has 0 saturated heterocycles. The van der Waals surface area contributed by atoms with E-state index in [-0.39, 0.29) is 0 Å². The quantitative estimate of drug-likeness (QED) is 0.816. The fraction of sp³-hybridized carbons (Fsp3) is 0.357. The SMILES string of the molecule is [2H][C@@]1(C(N)=O)CCCC2=C1Cc1ccc(Cl)cc12. The Balaban J connectivity index is 2.15. The second kappa shape index (κ2) is 3.88. The van der Waals surface area contributed by atoms with Gasteiger partial charge in [-0.1, -0.05) is 17.7 Å². The molecule has 1 amide bonds. The highest BCUT2D eigenvalue weighted by molar-refractivity contribution is 6.30. The van der Waals surface area contributed by atoms with Crippen molar-refractivity contribution in [3.05, 3.63) is 39.9 Å². The van der Waals surface area contributed by atoms with Crippen LogP contribution in [0.3, 0.4) is 0 Å². The summed E-state index contributed by atoms with van der Waals surface area (Å²) in [7, 11) is 0. The molecular weight excluding hydrogens is 234 g/mol. The molecule has 0 fully saturated rings. The van der Waals surface area contributed by atoms with Gasteiger partial charge < -0.3 is 5.73 Å². The van der Waals surface area contributed by atoms with Gasteiger partial charge in [0.05, 0.1) is 5.89 Å². The standard InChI is InChI=1S/C14H14ClNO/c15-9-5-4-8-6-13-10(12(8)7-9)2-1-3-11(13)14(16)17/h4-5,7,11H,1-3,6H2,(H2,16,17)/t11-/m1/s1/i11D. The molecule has 1 aromatic rings. The lowest BCUT2D eigenvalue weighted by Crippen LogP contribution is -2.27. The first-order valence-electron chi connectivity index (χ1n) is 6.33. The highest BCUT2D eigenvalue weighted by Crippen LogP contribution is 2.44. The predicted octanol–water partition coefficient (Wildman–Crippen LogP) is 2.94. The third-order valence-corrected chi connectivity index (χ3v) is 3.88. The lowest BCUT2D eigenvalue weighted by Gasteiger charge is -2.22. The van der Waals surface area contributed by atoms with Crippen LogP contribution in [-0.2, 0) is 11.2 Å². The van der Waals surface area contributed by atoms with E-state index in [4.69, 9.17) is 18.7 Å². The van der Waals surface area contributed by atoms with Crippen LogP contribution in [-0.4, -0.2) is 5.91 Å². The topological polar surface area (TPSA) is 43.1 Å². The van der Waals surface area contributed by atoms with Crippen LogP contribution in [0.25, 0.3) is 5.57 Å². The number of nitrogens with two attached hydrogens (primary N) is 1. The van der Waals surface area contributed by atoms with Crippen LogP contribution in [0.4, 0.5) is 0 Å². The van der Waals surface area contributed by atoms with Crippen LogP contribution >= 0.6 is 11.6 Å². The zero-order chi connectivity index (χ0) is 12.9. The molecule has 3 rings (SSSR count). The van der Waals surface area contributed by atoms with E-state index < -0.39 is 11.8 Å². The van der Waals surface area contributed by atoms with Gasteiger partial charge in [0.25, 0.3) is 0 Å². The third kappa shape index (κ3) is 1.67. The van der Waals surface area contributed by atoms with E-state index >= 15 is 0 Å². The molecule has 0 radical (unpaired) electrons. The normalized spacial score (nSPS) is 27.5.